The summed E-state index contributed by atoms with van der Waals surface area (Å²) in [6.45, 7) is 5.50. The molecule has 0 unspecified atom stereocenters. The van der Waals surface area contributed by atoms with Crippen molar-refractivity contribution in [3.05, 3.63) is 6.92 Å². The van der Waals surface area contributed by atoms with E-state index in [0.29, 0.717) is 0 Å². The van der Waals surface area contributed by atoms with Gasteiger partial charge in [0, 0.05) is 0 Å². The molecule has 1 heteroatoms. The molecule has 0 bridgehead atoms. The summed E-state index contributed by atoms with van der Waals surface area (Å²) in [5.41, 5.74) is 4.50. The summed E-state index contributed by atoms with van der Waals surface area (Å²) in [5, 5.41) is 0. The predicted molar refractivity (Wildman–Crippen MR) is 25.8 cm³/mol. The third-order valence-electron chi connectivity index (χ3n) is 0. The van der Waals surface area contributed by atoms with Gasteiger partial charge in [0.05, 0.1) is 0 Å². The molecule has 0 saturated heterocycles. The van der Waals surface area contributed by atoms with Crippen LogP contribution in [-0.2, 0) is 0 Å². The van der Waals surface area contributed by atoms with E-state index in [1.54, 1.807) is 0 Å². The second kappa shape index (κ2) is 37.6. The average molecular weight is 74.1 g/mol. The molecule has 0 heterocycles. The molecule has 0 aromatic carbocycles. The van der Waals surface area contributed by atoms with E-state index in [2.05, 4.69) is 12.7 Å². The van der Waals surface area contributed by atoms with Crippen molar-refractivity contribution in [1.82, 2.24) is 0 Å². The van der Waals surface area contributed by atoms with E-state index >= 15 is 0 Å². The van der Waals surface area contributed by atoms with Crippen molar-refractivity contribution in [2.24, 2.45) is 5.73 Å². The smallest absolute Gasteiger partial charge is 0.0195 e. The van der Waals surface area contributed by atoms with Crippen LogP contribution in [0.4, 0.5) is 0 Å². The summed E-state index contributed by atoms with van der Waals surface area (Å²) in [5.74, 6) is 0. The van der Waals surface area contributed by atoms with Crippen molar-refractivity contribution in [3.63, 3.8) is 0 Å². The van der Waals surface area contributed by atoms with Gasteiger partial charge in [-0.15, -0.1) is 0 Å². The first-order chi connectivity index (χ1) is 2.41. The van der Waals surface area contributed by atoms with Crippen LogP contribution >= 0.6 is 0 Å². The van der Waals surface area contributed by atoms with Gasteiger partial charge in [-0.05, 0) is 7.05 Å². The van der Waals surface area contributed by atoms with Gasteiger partial charge >= 0.3 is 0 Å². The van der Waals surface area contributed by atoms with E-state index in [1.807, 2.05) is 6.92 Å². The number of rotatable bonds is 0. The fourth-order valence-corrected chi connectivity index (χ4v) is 0. The second-order valence-corrected chi connectivity index (χ2v) is 0.500. The van der Waals surface area contributed by atoms with Crippen LogP contribution in [0, 0.1) is 6.92 Å². The van der Waals surface area contributed by atoms with Crippen molar-refractivity contribution in [2.75, 3.05) is 7.05 Å². The lowest BCUT2D eigenvalue weighted by atomic mass is 10.6. The van der Waals surface area contributed by atoms with Crippen molar-refractivity contribution in [1.29, 1.82) is 0 Å². The molecule has 0 aromatic heterocycles. The van der Waals surface area contributed by atoms with E-state index in [-0.39, 0.29) is 0 Å². The van der Waals surface area contributed by atoms with Crippen LogP contribution in [0.2, 0.25) is 0 Å². The zero-order valence-electron chi connectivity index (χ0n) is 3.99. The van der Waals surface area contributed by atoms with Gasteiger partial charge in [0.15, 0.2) is 0 Å². The van der Waals surface area contributed by atoms with Crippen LogP contribution in [0.25, 0.3) is 0 Å². The summed E-state index contributed by atoms with van der Waals surface area (Å²) >= 11 is 0. The quantitative estimate of drug-likeness (QED) is 0.452. The Hall–Kier alpha value is -0.0400. The molecule has 2 N–H and O–H groups in total. The van der Waals surface area contributed by atoms with Crippen LogP contribution in [0.1, 0.15) is 13.3 Å². The SMILES string of the molecule is CN.[CH2]CC. The molecule has 0 spiro atoms. The molecule has 1 nitrogen and oxygen atoms in total. The Morgan fingerprint density at radius 2 is 1.60 bits per heavy atom. The normalized spacial score (nSPS) is 4.80. The van der Waals surface area contributed by atoms with Crippen LogP contribution in [0.3, 0.4) is 0 Å². The molecule has 5 heavy (non-hydrogen) atoms. The summed E-state index contributed by atoms with van der Waals surface area (Å²) in [4.78, 5) is 0. The highest BCUT2D eigenvalue weighted by Gasteiger charge is 1.36. The lowest BCUT2D eigenvalue weighted by Crippen LogP contribution is -1.69. The Bertz CT molecular complexity index is 3.61. The van der Waals surface area contributed by atoms with Crippen LogP contribution in [0.5, 0.6) is 0 Å². The fraction of sp³-hybridized carbons (Fsp3) is 0.750. The Kier molecular flexibility index (Phi) is 66.8. The van der Waals surface area contributed by atoms with Gasteiger partial charge in [0.1, 0.15) is 0 Å². The molecule has 33 valence electrons. The van der Waals surface area contributed by atoms with Gasteiger partial charge in [-0.3, -0.25) is 0 Å². The van der Waals surface area contributed by atoms with Gasteiger partial charge in [-0.25, -0.2) is 0 Å². The second-order valence-electron chi connectivity index (χ2n) is 0.500. The first-order valence-electron chi connectivity index (χ1n) is 1.78. The number of hydrogen-bond donors (Lipinski definition) is 1. The Labute approximate surface area is 34.2 Å². The van der Waals surface area contributed by atoms with Crippen LogP contribution in [-0.4, -0.2) is 7.05 Å². The highest BCUT2D eigenvalue weighted by Crippen LogP contribution is 1.54. The maximum absolute atomic E-state index is 4.50. The third-order valence-corrected chi connectivity index (χ3v) is 0. The first-order valence-corrected chi connectivity index (χ1v) is 1.78. The molecule has 0 atom stereocenters. The lowest BCUT2D eigenvalue weighted by Gasteiger charge is -1.47. The lowest BCUT2D eigenvalue weighted by molar-refractivity contribution is 1.23. The zero-order chi connectivity index (χ0) is 4.71. The fourth-order valence-electron chi connectivity index (χ4n) is 0. The highest BCUT2D eigenvalue weighted by molar-refractivity contribution is 4.18. The van der Waals surface area contributed by atoms with E-state index < -0.39 is 0 Å². The maximum atomic E-state index is 4.50. The third kappa shape index (κ3) is 9510. The minimum absolute atomic E-state index is 1.00. The van der Waals surface area contributed by atoms with Gasteiger partial charge in [-0.2, -0.15) is 0 Å². The molecular weight excluding hydrogens is 62.1 g/mol. The molecule has 0 aliphatic heterocycles. The predicted octanol–water partition coefficient (Wildman–Crippen LogP) is 0.805. The minimum Gasteiger partial charge on any atom is -0.333 e. The molecule has 0 aromatic rings. The summed E-state index contributed by atoms with van der Waals surface area (Å²) in [6, 6.07) is 0. The molecule has 0 fully saturated rings. The Balaban J connectivity index is 0. The van der Waals surface area contributed by atoms with E-state index in [0.717, 1.165) is 6.42 Å². The van der Waals surface area contributed by atoms with Gasteiger partial charge < -0.3 is 5.73 Å². The highest BCUT2D eigenvalue weighted by atomic mass is 14.4. The Morgan fingerprint density at radius 1 is 1.60 bits per heavy atom. The van der Waals surface area contributed by atoms with Crippen molar-refractivity contribution < 1.29 is 0 Å². The van der Waals surface area contributed by atoms with Crippen LogP contribution < -0.4 is 5.73 Å². The van der Waals surface area contributed by atoms with Gasteiger partial charge in [0.25, 0.3) is 0 Å². The van der Waals surface area contributed by atoms with Gasteiger partial charge in [0.2, 0.25) is 0 Å². The largest absolute Gasteiger partial charge is 0.333 e. The van der Waals surface area contributed by atoms with Crippen molar-refractivity contribution in [2.45, 2.75) is 13.3 Å². The monoisotopic (exact) mass is 74.1 g/mol. The number of nitrogens with two attached hydrogens (primary N) is 1. The van der Waals surface area contributed by atoms with Gasteiger partial charge in [-0.1, -0.05) is 20.3 Å². The van der Waals surface area contributed by atoms with Crippen molar-refractivity contribution >= 4 is 0 Å². The molecular formula is C4H12N. The molecule has 0 rings (SSSR count). The first kappa shape index (κ1) is 8.88. The maximum Gasteiger partial charge on any atom is -0.0195 e. The van der Waals surface area contributed by atoms with E-state index in [9.17, 15) is 0 Å². The topological polar surface area (TPSA) is 26.0 Å². The molecule has 0 aliphatic rings. The van der Waals surface area contributed by atoms with E-state index in [4.69, 9.17) is 0 Å². The summed E-state index contributed by atoms with van der Waals surface area (Å²) in [6.07, 6.45) is 1.00. The minimum atomic E-state index is 1.00. The summed E-state index contributed by atoms with van der Waals surface area (Å²) < 4.78 is 0. The standard InChI is InChI=1S/C3H7.CH5N/c1-3-2;1-2/h1,3H2,2H3;2H2,1H3. The number of hydrogen-bond acceptors (Lipinski definition) is 1. The van der Waals surface area contributed by atoms with Crippen LogP contribution in [0.15, 0.2) is 0 Å². The molecule has 1 radical (unpaired) electrons. The summed E-state index contributed by atoms with van der Waals surface area (Å²) in [7, 11) is 1.50. The average Bonchev–Trinajstić information content (AvgIpc) is 1.46. The van der Waals surface area contributed by atoms with E-state index in [1.165, 1.54) is 7.05 Å². The molecule has 0 amide bonds. The Morgan fingerprint density at radius 3 is 1.60 bits per heavy atom. The molecule has 0 saturated carbocycles. The van der Waals surface area contributed by atoms with Crippen molar-refractivity contribution in [3.8, 4) is 0 Å². The zero-order valence-corrected chi connectivity index (χ0v) is 3.99. The molecule has 0 aliphatic carbocycles.